The van der Waals surface area contributed by atoms with Gasteiger partial charge in [-0.3, -0.25) is 4.68 Å². The first-order valence-electron chi connectivity index (χ1n) is 10.6. The van der Waals surface area contributed by atoms with Gasteiger partial charge in [0.25, 0.3) is 0 Å². The van der Waals surface area contributed by atoms with Crippen LogP contribution in [0.1, 0.15) is 47.5 Å². The van der Waals surface area contributed by atoms with Gasteiger partial charge in [-0.1, -0.05) is 11.6 Å². The molecule has 0 spiro atoms. The molecule has 1 aliphatic heterocycles. The predicted octanol–water partition coefficient (Wildman–Crippen LogP) is 5.47. The molecule has 4 aromatic rings. The van der Waals surface area contributed by atoms with Crippen LogP contribution in [0.5, 0.6) is 0 Å². The molecule has 0 amide bonds. The van der Waals surface area contributed by atoms with Crippen molar-refractivity contribution in [3.05, 3.63) is 70.1 Å². The minimum Gasteiger partial charge on any atom is -0.373 e. The molecule has 4 heterocycles. The van der Waals surface area contributed by atoms with E-state index in [0.717, 1.165) is 35.5 Å². The zero-order valence-electron chi connectivity index (χ0n) is 18.1. The highest BCUT2D eigenvalue weighted by molar-refractivity contribution is 6.30. The van der Waals surface area contributed by atoms with E-state index < -0.39 is 5.82 Å². The largest absolute Gasteiger partial charge is 0.373 e. The average Bonchev–Trinajstić information content (AvgIpc) is 3.21. The summed E-state index contributed by atoms with van der Waals surface area (Å²) in [6, 6.07) is 6.62. The molecule has 2 atom stereocenters. The molecular formula is C24H23ClFN5O. The van der Waals surface area contributed by atoms with Gasteiger partial charge in [-0.25, -0.2) is 19.3 Å². The summed E-state index contributed by atoms with van der Waals surface area (Å²) >= 11 is 5.99. The van der Waals surface area contributed by atoms with Crippen LogP contribution in [0.4, 0.5) is 4.39 Å². The molecule has 0 bridgehead atoms. The number of hydrogen-bond donors (Lipinski definition) is 0. The Labute approximate surface area is 190 Å². The third-order valence-electron chi connectivity index (χ3n) is 6.07. The van der Waals surface area contributed by atoms with Gasteiger partial charge in [0.05, 0.1) is 29.2 Å². The van der Waals surface area contributed by atoms with Gasteiger partial charge in [0.1, 0.15) is 17.0 Å². The second-order valence-electron chi connectivity index (χ2n) is 8.31. The summed E-state index contributed by atoms with van der Waals surface area (Å²) < 4.78 is 22.7. The van der Waals surface area contributed by atoms with Crippen LogP contribution >= 0.6 is 11.6 Å². The lowest BCUT2D eigenvalue weighted by molar-refractivity contribution is 0.00464. The molecule has 0 unspecified atom stereocenters. The molecule has 1 saturated heterocycles. The van der Waals surface area contributed by atoms with Crippen molar-refractivity contribution in [1.82, 2.24) is 24.7 Å². The first kappa shape index (κ1) is 21.0. The predicted molar refractivity (Wildman–Crippen MR) is 121 cm³/mol. The summed E-state index contributed by atoms with van der Waals surface area (Å²) in [5, 5.41) is 4.61. The van der Waals surface area contributed by atoms with Crippen LogP contribution in [-0.2, 0) is 11.8 Å². The Kier molecular flexibility index (Phi) is 5.39. The minimum absolute atomic E-state index is 0.0542. The Bertz CT molecular complexity index is 1320. The number of rotatable bonds is 3. The van der Waals surface area contributed by atoms with Crippen molar-refractivity contribution in [3.8, 4) is 11.3 Å². The number of nitrogens with zero attached hydrogens (tertiary/aromatic N) is 5. The highest BCUT2D eigenvalue weighted by Crippen LogP contribution is 2.39. The Morgan fingerprint density at radius 3 is 2.69 bits per heavy atom. The monoisotopic (exact) mass is 451 g/mol. The number of hydrogen-bond acceptors (Lipinski definition) is 5. The maximum absolute atomic E-state index is 14.9. The average molecular weight is 452 g/mol. The molecular weight excluding hydrogens is 429 g/mol. The van der Waals surface area contributed by atoms with Crippen LogP contribution in [0, 0.1) is 19.7 Å². The van der Waals surface area contributed by atoms with Crippen LogP contribution in [0.3, 0.4) is 0 Å². The summed E-state index contributed by atoms with van der Waals surface area (Å²) in [7, 11) is 1.89. The lowest BCUT2D eigenvalue weighted by Crippen LogP contribution is -2.19. The van der Waals surface area contributed by atoms with E-state index in [1.54, 1.807) is 16.8 Å². The van der Waals surface area contributed by atoms with E-state index in [1.165, 1.54) is 6.07 Å². The van der Waals surface area contributed by atoms with Gasteiger partial charge in [0.15, 0.2) is 0 Å². The van der Waals surface area contributed by atoms with Crippen LogP contribution in [0.15, 0.2) is 36.7 Å². The van der Waals surface area contributed by atoms with Gasteiger partial charge in [-0.2, -0.15) is 5.10 Å². The standard InChI is InChI=1S/C24H23ClFN5O/c1-13-14(2)29-24-21(28-13)10-20(30-23(24)18-5-4-17(25)9-19(18)26)15-6-7-32-22(8-15)16-11-27-31(3)12-16/h4-5,9-12,15,22H,6-8H2,1-3H3/t15-,22-/m1/s1. The van der Waals surface area contributed by atoms with E-state index in [9.17, 15) is 4.39 Å². The number of pyridine rings is 1. The number of benzene rings is 1. The highest BCUT2D eigenvalue weighted by Gasteiger charge is 2.28. The van der Waals surface area contributed by atoms with Gasteiger partial charge in [0.2, 0.25) is 0 Å². The molecule has 0 N–H and O–H groups in total. The van der Waals surface area contributed by atoms with Crippen molar-refractivity contribution in [2.75, 3.05) is 6.61 Å². The maximum atomic E-state index is 14.9. The first-order chi connectivity index (χ1) is 15.4. The van der Waals surface area contributed by atoms with Crippen molar-refractivity contribution in [2.24, 2.45) is 7.05 Å². The van der Waals surface area contributed by atoms with Crippen molar-refractivity contribution >= 4 is 22.6 Å². The minimum atomic E-state index is -0.427. The third kappa shape index (κ3) is 3.87. The van der Waals surface area contributed by atoms with Gasteiger partial charge in [-0.05, 0) is 51.0 Å². The van der Waals surface area contributed by atoms with E-state index in [2.05, 4.69) is 5.10 Å². The molecule has 1 aromatic carbocycles. The van der Waals surface area contributed by atoms with Crippen LogP contribution < -0.4 is 0 Å². The summed E-state index contributed by atoms with van der Waals surface area (Å²) in [4.78, 5) is 14.4. The number of aryl methyl sites for hydroxylation is 3. The van der Waals surface area contributed by atoms with E-state index in [0.29, 0.717) is 33.9 Å². The molecule has 1 fully saturated rings. The molecule has 0 saturated carbocycles. The fourth-order valence-electron chi connectivity index (χ4n) is 4.23. The fraction of sp³-hybridized carbons (Fsp3) is 0.333. The van der Waals surface area contributed by atoms with E-state index in [-0.39, 0.29) is 12.0 Å². The fourth-order valence-corrected chi connectivity index (χ4v) is 4.39. The normalized spacial score (nSPS) is 18.9. The second kappa shape index (κ2) is 8.22. The Morgan fingerprint density at radius 2 is 1.94 bits per heavy atom. The second-order valence-corrected chi connectivity index (χ2v) is 8.75. The molecule has 8 heteroatoms. The van der Waals surface area contributed by atoms with E-state index in [4.69, 9.17) is 31.3 Å². The third-order valence-corrected chi connectivity index (χ3v) is 6.30. The van der Waals surface area contributed by atoms with E-state index >= 15 is 0 Å². The van der Waals surface area contributed by atoms with Gasteiger partial charge >= 0.3 is 0 Å². The maximum Gasteiger partial charge on any atom is 0.134 e. The van der Waals surface area contributed by atoms with Crippen molar-refractivity contribution in [1.29, 1.82) is 0 Å². The van der Waals surface area contributed by atoms with Crippen LogP contribution in [-0.4, -0.2) is 31.3 Å². The van der Waals surface area contributed by atoms with Gasteiger partial charge < -0.3 is 4.74 Å². The summed E-state index contributed by atoms with van der Waals surface area (Å²) in [6.45, 7) is 4.44. The molecule has 1 aliphatic rings. The molecule has 3 aromatic heterocycles. The summed E-state index contributed by atoms with van der Waals surface area (Å²) in [6.07, 6.45) is 5.36. The number of ether oxygens (including phenoxy) is 1. The highest BCUT2D eigenvalue weighted by atomic mass is 35.5. The topological polar surface area (TPSA) is 65.7 Å². The van der Waals surface area contributed by atoms with Crippen LogP contribution in [0.25, 0.3) is 22.3 Å². The van der Waals surface area contributed by atoms with E-state index in [1.807, 2.05) is 39.4 Å². The Hall–Kier alpha value is -2.90. The van der Waals surface area contributed by atoms with Gasteiger partial charge in [-0.15, -0.1) is 0 Å². The molecule has 6 nitrogen and oxygen atoms in total. The zero-order chi connectivity index (χ0) is 22.4. The molecule has 0 aliphatic carbocycles. The summed E-state index contributed by atoms with van der Waals surface area (Å²) in [5.74, 6) is -0.278. The van der Waals surface area contributed by atoms with Crippen LogP contribution in [0.2, 0.25) is 5.02 Å². The SMILES string of the molecule is Cc1nc2cc([C@@H]3CCO[C@@H](c4cnn(C)c4)C3)nc(-c3ccc(Cl)cc3F)c2nc1C. The Morgan fingerprint density at radius 1 is 1.12 bits per heavy atom. The zero-order valence-corrected chi connectivity index (χ0v) is 18.9. The number of fused-ring (bicyclic) bond motifs is 1. The number of aromatic nitrogens is 5. The molecule has 5 rings (SSSR count). The van der Waals surface area contributed by atoms with Crippen molar-refractivity contribution in [2.45, 2.75) is 38.7 Å². The quantitative estimate of drug-likeness (QED) is 0.413. The Balaban J connectivity index is 1.62. The lowest BCUT2D eigenvalue weighted by Gasteiger charge is -2.29. The summed E-state index contributed by atoms with van der Waals surface area (Å²) in [5.41, 5.74) is 5.73. The van der Waals surface area contributed by atoms with Gasteiger partial charge in [0, 0.05) is 47.6 Å². The van der Waals surface area contributed by atoms with Crippen molar-refractivity contribution in [3.63, 3.8) is 0 Å². The first-order valence-corrected chi connectivity index (χ1v) is 11.0. The molecule has 32 heavy (non-hydrogen) atoms. The molecule has 164 valence electrons. The lowest BCUT2D eigenvalue weighted by atomic mass is 9.89. The van der Waals surface area contributed by atoms with Crippen molar-refractivity contribution < 1.29 is 9.13 Å². The molecule has 0 radical (unpaired) electrons. The number of halogens is 2. The smallest absolute Gasteiger partial charge is 0.134 e.